The summed E-state index contributed by atoms with van der Waals surface area (Å²) in [5.74, 6) is 1.05. The van der Waals surface area contributed by atoms with E-state index in [4.69, 9.17) is 4.74 Å². The minimum atomic E-state index is 0.138. The molecule has 0 bridgehead atoms. The van der Waals surface area contributed by atoms with Gasteiger partial charge in [-0.15, -0.1) is 0 Å². The molecule has 0 fully saturated rings. The van der Waals surface area contributed by atoms with Crippen LogP contribution in [0.3, 0.4) is 0 Å². The van der Waals surface area contributed by atoms with Crippen molar-refractivity contribution in [3.63, 3.8) is 0 Å². The van der Waals surface area contributed by atoms with Crippen LogP contribution in [0.15, 0.2) is 45.4 Å². The van der Waals surface area contributed by atoms with E-state index in [1.54, 1.807) is 0 Å². The third kappa shape index (κ3) is 31.6. The van der Waals surface area contributed by atoms with Gasteiger partial charge in [-0.25, -0.2) is 0 Å². The van der Waals surface area contributed by atoms with Crippen molar-refractivity contribution in [1.29, 1.82) is 0 Å². The van der Waals surface area contributed by atoms with Gasteiger partial charge in [0.2, 0.25) is 11.8 Å². The second-order valence-electron chi connectivity index (χ2n) is 15.2. The molecule has 5 nitrogen and oxygen atoms in total. The highest BCUT2D eigenvalue weighted by molar-refractivity contribution is 9.11. The van der Waals surface area contributed by atoms with E-state index in [9.17, 15) is 9.59 Å². The average Bonchev–Trinajstić information content (AvgIpc) is 3.15. The van der Waals surface area contributed by atoms with Crippen LogP contribution >= 0.6 is 31.9 Å². The smallest absolute Gasteiger partial charge is 0.220 e. The molecule has 0 aliphatic carbocycles. The number of unbranched alkanes of at least 4 members (excludes halogenated alkanes) is 22. The molecule has 2 amide bonds. The molecule has 54 heavy (non-hydrogen) atoms. The van der Waals surface area contributed by atoms with E-state index in [2.05, 4.69) is 92.8 Å². The number of halogens is 2. The Balaban J connectivity index is 2.01. The second-order valence-corrected chi connectivity index (χ2v) is 16.9. The topological polar surface area (TPSA) is 67.4 Å². The van der Waals surface area contributed by atoms with E-state index in [0.717, 1.165) is 58.8 Å². The normalized spacial score (nSPS) is 11.6. The van der Waals surface area contributed by atoms with Crippen LogP contribution in [0.4, 0.5) is 0 Å². The summed E-state index contributed by atoms with van der Waals surface area (Å²) in [5.41, 5.74) is 1.13. The quantitative estimate of drug-likeness (QED) is 0.0514. The first-order valence-electron chi connectivity index (χ1n) is 22.4. The van der Waals surface area contributed by atoms with E-state index in [-0.39, 0.29) is 11.8 Å². The minimum Gasteiger partial charge on any atom is -0.491 e. The van der Waals surface area contributed by atoms with Gasteiger partial charge in [-0.2, -0.15) is 0 Å². The summed E-state index contributed by atoms with van der Waals surface area (Å²) < 4.78 is 7.81. The molecule has 1 aromatic rings. The van der Waals surface area contributed by atoms with Gasteiger partial charge in [0.05, 0.1) is 15.6 Å². The highest BCUT2D eigenvalue weighted by Gasteiger charge is 2.10. The summed E-state index contributed by atoms with van der Waals surface area (Å²) in [7, 11) is 0. The van der Waals surface area contributed by atoms with Crippen molar-refractivity contribution in [2.75, 3.05) is 19.7 Å². The summed E-state index contributed by atoms with van der Waals surface area (Å²) in [6.07, 6.45) is 45.0. The number of nitrogens with one attached hydrogen (secondary N) is 2. The van der Waals surface area contributed by atoms with Gasteiger partial charge in [0.25, 0.3) is 0 Å². The number of carbonyl (C=O) groups is 2. The maximum absolute atomic E-state index is 12.3. The van der Waals surface area contributed by atoms with Crippen LogP contribution in [0.2, 0.25) is 0 Å². The molecule has 310 valence electrons. The summed E-state index contributed by atoms with van der Waals surface area (Å²) in [4.78, 5) is 24.6. The van der Waals surface area contributed by atoms with Gasteiger partial charge >= 0.3 is 0 Å². The van der Waals surface area contributed by atoms with Crippen molar-refractivity contribution in [3.05, 3.63) is 50.9 Å². The van der Waals surface area contributed by atoms with Crippen molar-refractivity contribution in [2.45, 2.75) is 206 Å². The number of carbonyl (C=O) groups excluding carboxylic acids is 2. The van der Waals surface area contributed by atoms with Gasteiger partial charge in [-0.05, 0) is 127 Å². The first-order valence-corrected chi connectivity index (χ1v) is 24.0. The van der Waals surface area contributed by atoms with Crippen LogP contribution in [0.1, 0.15) is 206 Å². The van der Waals surface area contributed by atoms with E-state index < -0.39 is 0 Å². The average molecular weight is 881 g/mol. The third-order valence-electron chi connectivity index (χ3n) is 10.0. The van der Waals surface area contributed by atoms with Crippen molar-refractivity contribution < 1.29 is 14.3 Å². The van der Waals surface area contributed by atoms with Gasteiger partial charge in [0, 0.05) is 25.9 Å². The van der Waals surface area contributed by atoms with Crippen LogP contribution in [0.5, 0.6) is 5.75 Å². The molecule has 0 atom stereocenters. The first kappa shape index (κ1) is 50.4. The predicted octanol–water partition coefficient (Wildman–Crippen LogP) is 14.8. The fraction of sp³-hybridized carbons (Fsp3) is 0.745. The van der Waals surface area contributed by atoms with Crippen molar-refractivity contribution >= 4 is 43.7 Å². The Hall–Kier alpha value is -1.60. The molecule has 7 heteroatoms. The Bertz CT molecular complexity index is 1080. The standard InChI is InChI=1S/C47H80Br2N2O3/c1-3-5-7-9-11-13-15-17-19-21-23-25-27-29-31-34-45(52)50-37-33-39-54-47-43(48)40-42(41-44(47)49)36-38-51-46(53)35-32-30-28-26-24-22-20-18-16-14-12-10-8-6-4-2/h17-20,40-41H,3-16,21-39H2,1-2H3,(H,50,52)(H,51,53). The maximum atomic E-state index is 12.3. The van der Waals surface area contributed by atoms with Crippen LogP contribution in [0, 0.1) is 0 Å². The molecule has 0 saturated heterocycles. The van der Waals surface area contributed by atoms with Crippen molar-refractivity contribution in [3.8, 4) is 5.75 Å². The lowest BCUT2D eigenvalue weighted by atomic mass is 10.1. The fourth-order valence-corrected chi connectivity index (χ4v) is 8.11. The number of ether oxygens (including phenoxy) is 1. The van der Waals surface area contributed by atoms with Gasteiger partial charge in [-0.1, -0.05) is 141 Å². The molecule has 0 unspecified atom stereocenters. The lowest BCUT2D eigenvalue weighted by Crippen LogP contribution is -2.25. The number of amides is 2. The number of rotatable bonds is 38. The Morgan fingerprint density at radius 3 is 1.31 bits per heavy atom. The largest absolute Gasteiger partial charge is 0.491 e. The lowest BCUT2D eigenvalue weighted by molar-refractivity contribution is -0.122. The Labute approximate surface area is 349 Å². The summed E-state index contributed by atoms with van der Waals surface area (Å²) >= 11 is 7.31. The zero-order chi connectivity index (χ0) is 39.2. The number of hydrogen-bond donors (Lipinski definition) is 2. The molecule has 0 saturated carbocycles. The van der Waals surface area contributed by atoms with Crippen LogP contribution in [-0.2, 0) is 16.0 Å². The van der Waals surface area contributed by atoms with E-state index >= 15 is 0 Å². The van der Waals surface area contributed by atoms with E-state index in [1.807, 2.05) is 0 Å². The molecule has 1 rings (SSSR count). The Kier molecular flexibility index (Phi) is 35.7. The number of benzene rings is 1. The fourth-order valence-electron chi connectivity index (χ4n) is 6.60. The first-order chi connectivity index (χ1) is 26.5. The van der Waals surface area contributed by atoms with Crippen molar-refractivity contribution in [1.82, 2.24) is 10.6 Å². The van der Waals surface area contributed by atoms with Gasteiger partial charge < -0.3 is 15.4 Å². The Morgan fingerprint density at radius 1 is 0.519 bits per heavy atom. The monoisotopic (exact) mass is 878 g/mol. The molecule has 0 spiro atoms. The molecule has 1 aromatic carbocycles. The maximum Gasteiger partial charge on any atom is 0.220 e. The molecule has 2 N–H and O–H groups in total. The second kappa shape index (κ2) is 38.3. The summed E-state index contributed by atoms with van der Waals surface area (Å²) in [5, 5.41) is 6.12. The molecule has 0 aliphatic rings. The lowest BCUT2D eigenvalue weighted by Gasteiger charge is -2.13. The zero-order valence-corrected chi connectivity index (χ0v) is 38.0. The van der Waals surface area contributed by atoms with Gasteiger partial charge in [-0.3, -0.25) is 9.59 Å². The van der Waals surface area contributed by atoms with Crippen molar-refractivity contribution in [2.24, 2.45) is 0 Å². The minimum absolute atomic E-state index is 0.138. The highest BCUT2D eigenvalue weighted by Crippen LogP contribution is 2.35. The van der Waals surface area contributed by atoms with Crippen LogP contribution < -0.4 is 15.4 Å². The predicted molar refractivity (Wildman–Crippen MR) is 241 cm³/mol. The highest BCUT2D eigenvalue weighted by atomic mass is 79.9. The summed E-state index contributed by atoms with van der Waals surface area (Å²) in [6.45, 7) is 6.31. The molecule has 0 radical (unpaired) electrons. The third-order valence-corrected chi connectivity index (χ3v) is 11.2. The van der Waals surface area contributed by atoms with Crippen LogP contribution in [0.25, 0.3) is 0 Å². The zero-order valence-electron chi connectivity index (χ0n) is 34.8. The van der Waals surface area contributed by atoms with E-state index in [1.165, 1.54) is 141 Å². The Morgan fingerprint density at radius 2 is 0.889 bits per heavy atom. The summed E-state index contributed by atoms with van der Waals surface area (Å²) in [6, 6.07) is 4.12. The van der Waals surface area contributed by atoms with E-state index in [0.29, 0.717) is 32.5 Å². The van der Waals surface area contributed by atoms with Gasteiger partial charge in [0.15, 0.2) is 0 Å². The molecule has 0 aliphatic heterocycles. The molecular formula is C47H80Br2N2O3. The number of hydrogen-bond acceptors (Lipinski definition) is 3. The molecular weight excluding hydrogens is 800 g/mol. The molecule has 0 heterocycles. The van der Waals surface area contributed by atoms with Crippen LogP contribution in [-0.4, -0.2) is 31.5 Å². The van der Waals surface area contributed by atoms with Gasteiger partial charge in [0.1, 0.15) is 5.75 Å². The number of allylic oxidation sites excluding steroid dienone is 4. The molecule has 0 aromatic heterocycles. The SMILES string of the molecule is CCCCCCCCC=CCCCCCCCC(=O)NCCCOc1c(Br)cc(CCNC(=O)CCCCCCCC=CCCCCCCCC)cc1Br.